The van der Waals surface area contributed by atoms with E-state index in [0.29, 0.717) is 22.5 Å². The number of rotatable bonds is 8. The molecule has 0 radical (unpaired) electrons. The number of carbonyl (C=O) groups excluding carboxylic acids is 2. The Kier molecular flexibility index (Phi) is 8.16. The fourth-order valence-electron chi connectivity index (χ4n) is 4.13. The van der Waals surface area contributed by atoms with Crippen LogP contribution in [0, 0.1) is 20.8 Å². The SMILES string of the molecule is Cc1ccc(NS(=O)(=O)c2cc(C(=O)Nc3ccccc3C(=O)N[C@H](C)c3ccccc3)ccc2C)cc1C. The highest BCUT2D eigenvalue weighted by molar-refractivity contribution is 7.92. The zero-order chi connectivity index (χ0) is 28.2. The van der Waals surface area contributed by atoms with Crippen molar-refractivity contribution < 1.29 is 18.0 Å². The molecule has 0 saturated heterocycles. The van der Waals surface area contributed by atoms with Crippen LogP contribution in [-0.4, -0.2) is 20.2 Å². The smallest absolute Gasteiger partial charge is 0.262 e. The van der Waals surface area contributed by atoms with Gasteiger partial charge in [-0.15, -0.1) is 0 Å². The van der Waals surface area contributed by atoms with Crippen molar-refractivity contribution in [3.05, 3.63) is 124 Å². The van der Waals surface area contributed by atoms with Crippen molar-refractivity contribution in [3.8, 4) is 0 Å². The van der Waals surface area contributed by atoms with Crippen molar-refractivity contribution >= 4 is 33.2 Å². The summed E-state index contributed by atoms with van der Waals surface area (Å²) in [5.41, 5.74) is 4.67. The van der Waals surface area contributed by atoms with Gasteiger partial charge in [0.1, 0.15) is 0 Å². The minimum atomic E-state index is -3.96. The second-order valence-corrected chi connectivity index (χ2v) is 11.1. The van der Waals surface area contributed by atoms with Crippen LogP contribution in [0.3, 0.4) is 0 Å². The molecule has 0 unspecified atom stereocenters. The molecule has 0 fully saturated rings. The lowest BCUT2D eigenvalue weighted by Gasteiger charge is -2.17. The predicted octanol–water partition coefficient (Wildman–Crippen LogP) is 6.16. The van der Waals surface area contributed by atoms with Crippen molar-refractivity contribution in [1.29, 1.82) is 0 Å². The first-order chi connectivity index (χ1) is 18.5. The third-order valence-corrected chi connectivity index (χ3v) is 8.09. The lowest BCUT2D eigenvalue weighted by molar-refractivity contribution is 0.0940. The summed E-state index contributed by atoms with van der Waals surface area (Å²) >= 11 is 0. The summed E-state index contributed by atoms with van der Waals surface area (Å²) in [7, 11) is -3.96. The van der Waals surface area contributed by atoms with Crippen LogP contribution < -0.4 is 15.4 Å². The highest BCUT2D eigenvalue weighted by Gasteiger charge is 2.21. The second-order valence-electron chi connectivity index (χ2n) is 9.49. The van der Waals surface area contributed by atoms with Crippen molar-refractivity contribution in [2.75, 3.05) is 10.0 Å². The largest absolute Gasteiger partial charge is 0.345 e. The highest BCUT2D eigenvalue weighted by atomic mass is 32.2. The zero-order valence-electron chi connectivity index (χ0n) is 22.3. The van der Waals surface area contributed by atoms with Crippen LogP contribution in [0.25, 0.3) is 0 Å². The normalized spacial score (nSPS) is 11.9. The Morgan fingerprint density at radius 3 is 2.10 bits per heavy atom. The number of anilines is 2. The molecule has 8 heteroatoms. The van der Waals surface area contributed by atoms with E-state index in [0.717, 1.165) is 16.7 Å². The topological polar surface area (TPSA) is 104 Å². The number of hydrogen-bond donors (Lipinski definition) is 3. The van der Waals surface area contributed by atoms with Gasteiger partial charge in [-0.1, -0.05) is 54.6 Å². The number of para-hydroxylation sites is 1. The van der Waals surface area contributed by atoms with Gasteiger partial charge in [-0.25, -0.2) is 8.42 Å². The molecular weight excluding hydrogens is 510 g/mol. The molecule has 0 saturated carbocycles. The van der Waals surface area contributed by atoms with E-state index >= 15 is 0 Å². The maximum Gasteiger partial charge on any atom is 0.262 e. The van der Waals surface area contributed by atoms with Gasteiger partial charge in [0.2, 0.25) is 0 Å². The van der Waals surface area contributed by atoms with Gasteiger partial charge in [-0.3, -0.25) is 14.3 Å². The summed E-state index contributed by atoms with van der Waals surface area (Å²) in [6.07, 6.45) is 0. The number of sulfonamides is 1. The molecule has 1 atom stereocenters. The number of amides is 2. The summed E-state index contributed by atoms with van der Waals surface area (Å²) in [5, 5.41) is 5.72. The molecule has 2 amide bonds. The number of benzene rings is 4. The summed E-state index contributed by atoms with van der Waals surface area (Å²) in [5.74, 6) is -0.874. The number of carbonyl (C=O) groups is 2. The molecule has 39 heavy (non-hydrogen) atoms. The molecule has 0 aliphatic carbocycles. The van der Waals surface area contributed by atoms with E-state index in [4.69, 9.17) is 0 Å². The third kappa shape index (κ3) is 6.53. The highest BCUT2D eigenvalue weighted by Crippen LogP contribution is 2.24. The molecule has 4 aromatic rings. The van der Waals surface area contributed by atoms with Gasteiger partial charge in [0.15, 0.2) is 0 Å². The average molecular weight is 542 g/mol. The molecule has 0 spiro atoms. The van der Waals surface area contributed by atoms with Gasteiger partial charge in [0.05, 0.1) is 22.2 Å². The average Bonchev–Trinajstić information content (AvgIpc) is 2.91. The number of aryl methyl sites for hydroxylation is 3. The van der Waals surface area contributed by atoms with Crippen molar-refractivity contribution in [2.24, 2.45) is 0 Å². The zero-order valence-corrected chi connectivity index (χ0v) is 23.1. The lowest BCUT2D eigenvalue weighted by Crippen LogP contribution is -2.28. The van der Waals surface area contributed by atoms with Crippen LogP contribution in [-0.2, 0) is 10.0 Å². The minimum Gasteiger partial charge on any atom is -0.345 e. The third-order valence-electron chi connectivity index (χ3n) is 6.57. The van der Waals surface area contributed by atoms with Gasteiger partial charge in [0, 0.05) is 11.3 Å². The summed E-state index contributed by atoms with van der Waals surface area (Å²) in [6, 6.07) is 25.8. The second kappa shape index (κ2) is 11.5. The van der Waals surface area contributed by atoms with Crippen LogP contribution in [0.1, 0.15) is 55.9 Å². The first-order valence-electron chi connectivity index (χ1n) is 12.5. The van der Waals surface area contributed by atoms with E-state index in [9.17, 15) is 18.0 Å². The van der Waals surface area contributed by atoms with E-state index < -0.39 is 15.9 Å². The minimum absolute atomic E-state index is 0.00362. The van der Waals surface area contributed by atoms with Crippen LogP contribution in [0.15, 0.2) is 95.9 Å². The molecule has 200 valence electrons. The monoisotopic (exact) mass is 541 g/mol. The molecule has 4 aromatic carbocycles. The molecule has 0 aliphatic rings. The molecular formula is C31H31N3O4S. The van der Waals surface area contributed by atoms with Gasteiger partial charge in [0.25, 0.3) is 21.8 Å². The van der Waals surface area contributed by atoms with E-state index in [1.54, 1.807) is 55.5 Å². The van der Waals surface area contributed by atoms with Crippen LogP contribution in [0.2, 0.25) is 0 Å². The fourth-order valence-corrected chi connectivity index (χ4v) is 5.45. The molecule has 4 rings (SSSR count). The summed E-state index contributed by atoms with van der Waals surface area (Å²) in [4.78, 5) is 26.3. The van der Waals surface area contributed by atoms with Crippen molar-refractivity contribution in [3.63, 3.8) is 0 Å². The van der Waals surface area contributed by atoms with Crippen molar-refractivity contribution in [2.45, 2.75) is 38.6 Å². The Balaban J connectivity index is 1.55. The Morgan fingerprint density at radius 2 is 1.38 bits per heavy atom. The van der Waals surface area contributed by atoms with Gasteiger partial charge >= 0.3 is 0 Å². The molecule has 3 N–H and O–H groups in total. The fraction of sp³-hybridized carbons (Fsp3) is 0.161. The maximum atomic E-state index is 13.2. The number of nitrogens with one attached hydrogen (secondary N) is 3. The molecule has 0 bridgehead atoms. The summed E-state index contributed by atoms with van der Waals surface area (Å²) < 4.78 is 29.0. The molecule has 0 aliphatic heterocycles. The number of hydrogen-bond acceptors (Lipinski definition) is 4. The first kappa shape index (κ1) is 27.6. The molecule has 0 heterocycles. The van der Waals surface area contributed by atoms with Gasteiger partial charge < -0.3 is 10.6 Å². The first-order valence-corrected chi connectivity index (χ1v) is 14.0. The molecule has 7 nitrogen and oxygen atoms in total. The van der Waals surface area contributed by atoms with Gasteiger partial charge in [-0.05, 0) is 86.3 Å². The van der Waals surface area contributed by atoms with Crippen LogP contribution in [0.5, 0.6) is 0 Å². The van der Waals surface area contributed by atoms with E-state index in [2.05, 4.69) is 15.4 Å². The molecule has 0 aromatic heterocycles. The Morgan fingerprint density at radius 1 is 0.718 bits per heavy atom. The maximum absolute atomic E-state index is 13.2. The Hall–Kier alpha value is -4.43. The Bertz CT molecular complexity index is 1630. The van der Waals surface area contributed by atoms with Gasteiger partial charge in [-0.2, -0.15) is 0 Å². The standard InChI is InChI=1S/C31H31N3O4S/c1-20-15-17-26(18-22(20)3)34-39(37,38)29-19-25(16-14-21(29)2)30(35)33-28-13-9-8-12-27(28)31(36)32-23(4)24-10-6-5-7-11-24/h5-19,23,34H,1-4H3,(H,32,36)(H,33,35)/t23-/m1/s1. The van der Waals surface area contributed by atoms with E-state index in [1.807, 2.05) is 57.2 Å². The van der Waals surface area contributed by atoms with Crippen molar-refractivity contribution in [1.82, 2.24) is 5.32 Å². The lowest BCUT2D eigenvalue weighted by atomic mass is 10.1. The summed E-state index contributed by atoms with van der Waals surface area (Å²) in [6.45, 7) is 7.41. The Labute approximate surface area is 229 Å². The quantitative estimate of drug-likeness (QED) is 0.249. The van der Waals surface area contributed by atoms with Crippen LogP contribution in [0.4, 0.5) is 11.4 Å². The van der Waals surface area contributed by atoms with E-state index in [-0.39, 0.29) is 22.4 Å². The predicted molar refractivity (Wildman–Crippen MR) is 155 cm³/mol. The van der Waals surface area contributed by atoms with Crippen LogP contribution >= 0.6 is 0 Å². The van der Waals surface area contributed by atoms with E-state index in [1.165, 1.54) is 6.07 Å².